The maximum Gasteiger partial charge on any atom is 0.408 e. The molecule has 1 atom stereocenters. The van der Waals surface area contributed by atoms with Crippen molar-refractivity contribution in [2.75, 3.05) is 6.61 Å². The highest BCUT2D eigenvalue weighted by atomic mass is 16.6. The molecule has 0 radical (unpaired) electrons. The molecule has 0 aliphatic carbocycles. The van der Waals surface area contributed by atoms with E-state index in [2.05, 4.69) is 11.9 Å². The van der Waals surface area contributed by atoms with Crippen molar-refractivity contribution in [1.29, 1.82) is 0 Å². The summed E-state index contributed by atoms with van der Waals surface area (Å²) in [5, 5.41) is 11.1. The standard InChI is InChI=1S/C10H17NO4/c1-5-8(13)7(6-12)11-9(14)15-10(2,3)4/h5,7,12H,1,6H2,2-4H3,(H,11,14). The minimum atomic E-state index is -0.989. The number of amides is 1. The van der Waals surface area contributed by atoms with Crippen LogP contribution in [0.1, 0.15) is 20.8 Å². The Morgan fingerprint density at radius 1 is 1.53 bits per heavy atom. The van der Waals surface area contributed by atoms with Gasteiger partial charge in [0, 0.05) is 0 Å². The zero-order valence-corrected chi connectivity index (χ0v) is 9.24. The highest BCUT2D eigenvalue weighted by Gasteiger charge is 2.21. The van der Waals surface area contributed by atoms with Gasteiger partial charge in [-0.15, -0.1) is 0 Å². The summed E-state index contributed by atoms with van der Waals surface area (Å²) in [4.78, 5) is 22.3. The topological polar surface area (TPSA) is 75.6 Å². The number of ketones is 1. The lowest BCUT2D eigenvalue weighted by Crippen LogP contribution is -2.45. The van der Waals surface area contributed by atoms with E-state index in [1.54, 1.807) is 20.8 Å². The fourth-order valence-electron chi connectivity index (χ4n) is 0.799. The van der Waals surface area contributed by atoms with Crippen LogP contribution in [0.15, 0.2) is 12.7 Å². The molecule has 0 saturated heterocycles. The summed E-state index contributed by atoms with van der Waals surface area (Å²) in [7, 11) is 0. The summed E-state index contributed by atoms with van der Waals surface area (Å²) in [5.74, 6) is -0.455. The van der Waals surface area contributed by atoms with Gasteiger partial charge < -0.3 is 15.2 Å². The molecule has 0 aliphatic rings. The molecule has 1 unspecified atom stereocenters. The summed E-state index contributed by atoms with van der Waals surface area (Å²) in [5.41, 5.74) is -0.638. The normalized spacial score (nSPS) is 12.8. The second-order valence-electron chi connectivity index (χ2n) is 3.99. The predicted octanol–water partition coefficient (Wildman–Crippen LogP) is 0.627. The van der Waals surface area contributed by atoms with Gasteiger partial charge in [0.25, 0.3) is 0 Å². The van der Waals surface area contributed by atoms with Crippen LogP contribution in [0.25, 0.3) is 0 Å². The van der Waals surface area contributed by atoms with E-state index in [0.29, 0.717) is 0 Å². The maximum absolute atomic E-state index is 11.2. The molecule has 0 aromatic heterocycles. The first kappa shape index (κ1) is 13.6. The Labute approximate surface area is 89.1 Å². The molecular formula is C10H17NO4. The number of carbonyl (C=O) groups excluding carboxylic acids is 2. The van der Waals surface area contributed by atoms with Gasteiger partial charge in [0.15, 0.2) is 5.78 Å². The Bertz CT molecular complexity index is 255. The first-order valence-corrected chi connectivity index (χ1v) is 4.57. The lowest BCUT2D eigenvalue weighted by atomic mass is 10.2. The van der Waals surface area contributed by atoms with E-state index in [-0.39, 0.29) is 0 Å². The molecule has 0 spiro atoms. The molecular weight excluding hydrogens is 198 g/mol. The highest BCUT2D eigenvalue weighted by Crippen LogP contribution is 2.06. The highest BCUT2D eigenvalue weighted by molar-refractivity contribution is 5.95. The van der Waals surface area contributed by atoms with Crippen molar-refractivity contribution in [3.8, 4) is 0 Å². The lowest BCUT2D eigenvalue weighted by Gasteiger charge is -2.21. The largest absolute Gasteiger partial charge is 0.444 e. The van der Waals surface area contributed by atoms with E-state index in [1.165, 1.54) is 0 Å². The van der Waals surface area contributed by atoms with Crippen LogP contribution in [-0.2, 0) is 9.53 Å². The van der Waals surface area contributed by atoms with Crippen LogP contribution in [0.3, 0.4) is 0 Å². The molecule has 0 aromatic rings. The zero-order valence-electron chi connectivity index (χ0n) is 9.24. The molecule has 86 valence electrons. The Kier molecular flexibility index (Phi) is 5.00. The number of aliphatic hydroxyl groups excluding tert-OH is 1. The molecule has 0 aromatic carbocycles. The number of ether oxygens (including phenoxy) is 1. The van der Waals surface area contributed by atoms with Gasteiger partial charge in [-0.05, 0) is 26.8 Å². The van der Waals surface area contributed by atoms with Gasteiger partial charge in [0.1, 0.15) is 11.6 Å². The number of carbonyl (C=O) groups is 2. The number of aliphatic hydroxyl groups is 1. The van der Waals surface area contributed by atoms with Gasteiger partial charge >= 0.3 is 6.09 Å². The van der Waals surface area contributed by atoms with Gasteiger partial charge in [-0.1, -0.05) is 6.58 Å². The van der Waals surface area contributed by atoms with E-state index in [0.717, 1.165) is 6.08 Å². The van der Waals surface area contributed by atoms with Crippen molar-refractivity contribution in [1.82, 2.24) is 5.32 Å². The number of rotatable bonds is 4. The number of alkyl carbamates (subject to hydrolysis) is 1. The first-order valence-electron chi connectivity index (χ1n) is 4.57. The average molecular weight is 215 g/mol. The Balaban J connectivity index is 4.25. The van der Waals surface area contributed by atoms with E-state index < -0.39 is 30.1 Å². The van der Waals surface area contributed by atoms with Gasteiger partial charge in [0.2, 0.25) is 0 Å². The summed E-state index contributed by atoms with van der Waals surface area (Å²) >= 11 is 0. The molecule has 15 heavy (non-hydrogen) atoms. The van der Waals surface area contributed by atoms with Gasteiger partial charge in [-0.3, -0.25) is 4.79 Å². The molecule has 0 bridgehead atoms. The fourth-order valence-corrected chi connectivity index (χ4v) is 0.799. The lowest BCUT2D eigenvalue weighted by molar-refractivity contribution is -0.117. The SMILES string of the molecule is C=CC(=O)C(CO)NC(=O)OC(C)(C)C. The van der Waals surface area contributed by atoms with Crippen molar-refractivity contribution in [2.45, 2.75) is 32.4 Å². The minimum Gasteiger partial charge on any atom is -0.444 e. The molecule has 1 amide bonds. The molecule has 0 aliphatic heterocycles. The summed E-state index contributed by atoms with van der Waals surface area (Å²) in [6, 6.07) is -0.989. The van der Waals surface area contributed by atoms with Gasteiger partial charge in [-0.2, -0.15) is 0 Å². The Hall–Kier alpha value is -1.36. The van der Waals surface area contributed by atoms with E-state index in [4.69, 9.17) is 9.84 Å². The van der Waals surface area contributed by atoms with Crippen LogP contribution >= 0.6 is 0 Å². The van der Waals surface area contributed by atoms with Crippen LogP contribution in [0, 0.1) is 0 Å². The number of nitrogens with one attached hydrogen (secondary N) is 1. The van der Waals surface area contributed by atoms with Crippen molar-refractivity contribution >= 4 is 11.9 Å². The number of hydrogen-bond acceptors (Lipinski definition) is 4. The van der Waals surface area contributed by atoms with Gasteiger partial charge in [-0.25, -0.2) is 4.79 Å². The fraction of sp³-hybridized carbons (Fsp3) is 0.600. The molecule has 0 fully saturated rings. The molecule has 5 nitrogen and oxygen atoms in total. The van der Waals surface area contributed by atoms with Crippen LogP contribution in [-0.4, -0.2) is 35.2 Å². The quantitative estimate of drug-likeness (QED) is 0.674. The van der Waals surface area contributed by atoms with E-state index in [1.807, 2.05) is 0 Å². The molecule has 0 rings (SSSR count). The van der Waals surface area contributed by atoms with Gasteiger partial charge in [0.05, 0.1) is 6.61 Å². The van der Waals surface area contributed by atoms with Crippen molar-refractivity contribution in [2.24, 2.45) is 0 Å². The molecule has 2 N–H and O–H groups in total. The van der Waals surface area contributed by atoms with Crippen LogP contribution in [0.4, 0.5) is 4.79 Å². The Morgan fingerprint density at radius 2 is 2.07 bits per heavy atom. The third-order valence-corrected chi connectivity index (χ3v) is 1.42. The molecule has 0 saturated carbocycles. The third-order valence-electron chi connectivity index (χ3n) is 1.42. The second-order valence-corrected chi connectivity index (χ2v) is 3.99. The minimum absolute atomic E-state index is 0.455. The number of hydrogen-bond donors (Lipinski definition) is 2. The van der Waals surface area contributed by atoms with E-state index >= 15 is 0 Å². The first-order chi connectivity index (χ1) is 6.80. The third kappa shape index (κ3) is 5.85. The second kappa shape index (κ2) is 5.50. The average Bonchev–Trinajstić information content (AvgIpc) is 2.10. The van der Waals surface area contributed by atoms with Crippen LogP contribution in [0.2, 0.25) is 0 Å². The summed E-state index contributed by atoms with van der Waals surface area (Å²) in [6.07, 6.45) is 0.301. The van der Waals surface area contributed by atoms with Crippen molar-refractivity contribution < 1.29 is 19.4 Å². The molecule has 0 heterocycles. The summed E-state index contributed by atoms with van der Waals surface area (Å²) in [6.45, 7) is 7.89. The van der Waals surface area contributed by atoms with Crippen molar-refractivity contribution in [3.05, 3.63) is 12.7 Å². The van der Waals surface area contributed by atoms with Crippen molar-refractivity contribution in [3.63, 3.8) is 0 Å². The zero-order chi connectivity index (χ0) is 12.1. The maximum atomic E-state index is 11.2. The molecule has 5 heteroatoms. The monoisotopic (exact) mass is 215 g/mol. The van der Waals surface area contributed by atoms with Crippen LogP contribution in [0.5, 0.6) is 0 Å². The predicted molar refractivity (Wildman–Crippen MR) is 55.4 cm³/mol. The van der Waals surface area contributed by atoms with Crippen LogP contribution < -0.4 is 5.32 Å². The summed E-state index contributed by atoms with van der Waals surface area (Å²) < 4.78 is 4.92. The smallest absolute Gasteiger partial charge is 0.408 e. The Morgan fingerprint density at radius 3 is 2.40 bits per heavy atom. The van der Waals surface area contributed by atoms with E-state index in [9.17, 15) is 9.59 Å².